The highest BCUT2D eigenvalue weighted by Crippen LogP contribution is 2.20. The summed E-state index contributed by atoms with van der Waals surface area (Å²) in [6, 6.07) is 5.39. The van der Waals surface area contributed by atoms with E-state index in [0.717, 1.165) is 44.1 Å². The van der Waals surface area contributed by atoms with E-state index in [2.05, 4.69) is 50.2 Å². The van der Waals surface area contributed by atoms with Crippen LogP contribution in [0.2, 0.25) is 0 Å². The first-order chi connectivity index (χ1) is 9.58. The van der Waals surface area contributed by atoms with Gasteiger partial charge >= 0.3 is 0 Å². The first-order valence-electron chi connectivity index (χ1n) is 7.58. The lowest BCUT2D eigenvalue weighted by Gasteiger charge is -2.32. The maximum atomic E-state index is 5.43. The number of rotatable bonds is 5. The third-order valence-corrected chi connectivity index (χ3v) is 3.98. The van der Waals surface area contributed by atoms with Crippen molar-refractivity contribution in [2.45, 2.75) is 52.2 Å². The van der Waals surface area contributed by atoms with Crippen molar-refractivity contribution in [3.05, 3.63) is 23.4 Å². The van der Waals surface area contributed by atoms with Crippen LogP contribution in [0.25, 0.3) is 0 Å². The Kier molecular flexibility index (Phi) is 5.38. The highest BCUT2D eigenvalue weighted by Gasteiger charge is 2.19. The van der Waals surface area contributed by atoms with Crippen molar-refractivity contribution < 1.29 is 4.74 Å². The van der Waals surface area contributed by atoms with Crippen LogP contribution in [0.3, 0.4) is 0 Å². The van der Waals surface area contributed by atoms with Gasteiger partial charge in [-0.1, -0.05) is 19.9 Å². The van der Waals surface area contributed by atoms with E-state index in [0.29, 0.717) is 12.1 Å². The molecule has 0 radical (unpaired) electrons. The van der Waals surface area contributed by atoms with Crippen molar-refractivity contribution in [1.82, 2.24) is 10.3 Å². The molecule has 0 unspecified atom stereocenters. The summed E-state index contributed by atoms with van der Waals surface area (Å²) in [5.74, 6) is 1.07. The standard InChI is InChI=1S/C16H27N3O/c1-12(2)17-11-14-5-6-16(18-13(14)3)19(4)15-7-9-20-10-8-15/h5-6,12,15,17H,7-11H2,1-4H3. The van der Waals surface area contributed by atoms with Crippen LogP contribution >= 0.6 is 0 Å². The van der Waals surface area contributed by atoms with Crippen LogP contribution in [-0.2, 0) is 11.3 Å². The summed E-state index contributed by atoms with van der Waals surface area (Å²) in [4.78, 5) is 7.07. The molecule has 2 rings (SSSR count). The van der Waals surface area contributed by atoms with E-state index in [-0.39, 0.29) is 0 Å². The predicted molar refractivity (Wildman–Crippen MR) is 83.2 cm³/mol. The van der Waals surface area contributed by atoms with Gasteiger partial charge in [0.25, 0.3) is 0 Å². The fourth-order valence-electron chi connectivity index (χ4n) is 2.53. The highest BCUT2D eigenvalue weighted by atomic mass is 16.5. The Hall–Kier alpha value is -1.13. The molecule has 0 bridgehead atoms. The van der Waals surface area contributed by atoms with Gasteiger partial charge in [0.05, 0.1) is 0 Å². The van der Waals surface area contributed by atoms with Crippen LogP contribution in [0.15, 0.2) is 12.1 Å². The molecule has 2 heterocycles. The fraction of sp³-hybridized carbons (Fsp3) is 0.688. The molecule has 1 aromatic rings. The largest absolute Gasteiger partial charge is 0.381 e. The maximum absolute atomic E-state index is 5.43. The van der Waals surface area contributed by atoms with Gasteiger partial charge in [0, 0.05) is 44.6 Å². The lowest BCUT2D eigenvalue weighted by Crippen LogP contribution is -2.37. The van der Waals surface area contributed by atoms with Gasteiger partial charge in [-0.15, -0.1) is 0 Å². The number of anilines is 1. The summed E-state index contributed by atoms with van der Waals surface area (Å²) in [5, 5.41) is 3.44. The van der Waals surface area contributed by atoms with Crippen LogP contribution in [0.4, 0.5) is 5.82 Å². The molecule has 4 nitrogen and oxygen atoms in total. The Morgan fingerprint density at radius 3 is 2.65 bits per heavy atom. The maximum Gasteiger partial charge on any atom is 0.128 e. The van der Waals surface area contributed by atoms with E-state index in [1.807, 2.05) is 0 Å². The number of hydrogen-bond donors (Lipinski definition) is 1. The average molecular weight is 277 g/mol. The molecule has 1 aliphatic heterocycles. The van der Waals surface area contributed by atoms with Gasteiger partial charge in [0.15, 0.2) is 0 Å². The van der Waals surface area contributed by atoms with Crippen LogP contribution in [0.5, 0.6) is 0 Å². The Labute approximate surface area is 122 Å². The number of hydrogen-bond acceptors (Lipinski definition) is 4. The van der Waals surface area contributed by atoms with Gasteiger partial charge in [-0.25, -0.2) is 4.98 Å². The van der Waals surface area contributed by atoms with E-state index in [1.54, 1.807) is 0 Å². The molecular formula is C16H27N3O. The van der Waals surface area contributed by atoms with E-state index in [1.165, 1.54) is 5.56 Å². The Morgan fingerprint density at radius 1 is 1.35 bits per heavy atom. The number of aryl methyl sites for hydroxylation is 1. The van der Waals surface area contributed by atoms with Gasteiger partial charge in [0.1, 0.15) is 5.82 Å². The van der Waals surface area contributed by atoms with E-state index in [9.17, 15) is 0 Å². The summed E-state index contributed by atoms with van der Waals surface area (Å²) in [7, 11) is 2.14. The molecule has 4 heteroatoms. The van der Waals surface area contributed by atoms with Crippen LogP contribution < -0.4 is 10.2 Å². The fourth-order valence-corrected chi connectivity index (χ4v) is 2.53. The molecule has 0 saturated carbocycles. The summed E-state index contributed by atoms with van der Waals surface area (Å²) in [6.07, 6.45) is 2.18. The molecule has 0 aromatic carbocycles. The quantitative estimate of drug-likeness (QED) is 0.897. The predicted octanol–water partition coefficient (Wildman–Crippen LogP) is 2.50. The molecule has 1 aromatic heterocycles. The van der Waals surface area contributed by atoms with Crippen LogP contribution in [0.1, 0.15) is 37.9 Å². The summed E-state index contributed by atoms with van der Waals surface area (Å²) in [5.41, 5.74) is 2.40. The second-order valence-corrected chi connectivity index (χ2v) is 5.90. The number of nitrogens with zero attached hydrogens (tertiary/aromatic N) is 2. The Balaban J connectivity index is 2.03. The second-order valence-electron chi connectivity index (χ2n) is 5.90. The zero-order valence-corrected chi connectivity index (χ0v) is 13.1. The average Bonchev–Trinajstić information content (AvgIpc) is 2.46. The van der Waals surface area contributed by atoms with E-state index >= 15 is 0 Å². The van der Waals surface area contributed by atoms with Crippen molar-refractivity contribution in [3.8, 4) is 0 Å². The zero-order chi connectivity index (χ0) is 14.5. The van der Waals surface area contributed by atoms with Gasteiger partial charge in [-0.3, -0.25) is 0 Å². The second kappa shape index (κ2) is 7.04. The lowest BCUT2D eigenvalue weighted by molar-refractivity contribution is 0.0853. The summed E-state index contributed by atoms with van der Waals surface area (Å²) >= 11 is 0. The molecular weight excluding hydrogens is 250 g/mol. The third kappa shape index (κ3) is 3.93. The number of pyridine rings is 1. The molecule has 0 spiro atoms. The zero-order valence-electron chi connectivity index (χ0n) is 13.1. The molecule has 112 valence electrons. The summed E-state index contributed by atoms with van der Waals surface area (Å²) in [6.45, 7) is 9.04. The minimum atomic E-state index is 0.499. The lowest BCUT2D eigenvalue weighted by atomic mass is 10.1. The van der Waals surface area contributed by atoms with Crippen molar-refractivity contribution in [1.29, 1.82) is 0 Å². The van der Waals surface area contributed by atoms with Gasteiger partial charge in [0.2, 0.25) is 0 Å². The molecule has 1 fully saturated rings. The molecule has 1 aliphatic rings. The Morgan fingerprint density at radius 2 is 2.05 bits per heavy atom. The minimum Gasteiger partial charge on any atom is -0.381 e. The molecule has 20 heavy (non-hydrogen) atoms. The van der Waals surface area contributed by atoms with E-state index < -0.39 is 0 Å². The third-order valence-electron chi connectivity index (χ3n) is 3.98. The smallest absolute Gasteiger partial charge is 0.128 e. The monoisotopic (exact) mass is 277 g/mol. The highest BCUT2D eigenvalue weighted by molar-refractivity contribution is 5.42. The van der Waals surface area contributed by atoms with Gasteiger partial charge < -0.3 is 15.0 Å². The van der Waals surface area contributed by atoms with Crippen molar-refractivity contribution in [2.24, 2.45) is 0 Å². The number of nitrogens with one attached hydrogen (secondary N) is 1. The molecule has 0 aliphatic carbocycles. The normalized spacial score (nSPS) is 16.6. The van der Waals surface area contributed by atoms with Crippen molar-refractivity contribution in [3.63, 3.8) is 0 Å². The van der Waals surface area contributed by atoms with Crippen molar-refractivity contribution in [2.75, 3.05) is 25.2 Å². The first-order valence-corrected chi connectivity index (χ1v) is 7.58. The molecule has 0 amide bonds. The van der Waals surface area contributed by atoms with Crippen LogP contribution in [0, 0.1) is 6.92 Å². The topological polar surface area (TPSA) is 37.4 Å². The summed E-state index contributed by atoms with van der Waals surface area (Å²) < 4.78 is 5.43. The minimum absolute atomic E-state index is 0.499. The first kappa shape index (κ1) is 15.3. The SMILES string of the molecule is Cc1nc(N(C)C2CCOCC2)ccc1CNC(C)C. The number of ether oxygens (including phenoxy) is 1. The van der Waals surface area contributed by atoms with E-state index in [4.69, 9.17) is 9.72 Å². The molecule has 1 saturated heterocycles. The van der Waals surface area contributed by atoms with Gasteiger partial charge in [-0.05, 0) is 31.4 Å². The number of aromatic nitrogens is 1. The molecule has 1 N–H and O–H groups in total. The van der Waals surface area contributed by atoms with Crippen LogP contribution in [-0.4, -0.2) is 37.3 Å². The van der Waals surface area contributed by atoms with Gasteiger partial charge in [-0.2, -0.15) is 0 Å². The molecule has 0 atom stereocenters. The Bertz CT molecular complexity index is 428. The van der Waals surface area contributed by atoms with Crippen molar-refractivity contribution >= 4 is 5.82 Å².